The first-order valence-corrected chi connectivity index (χ1v) is 7.42. The minimum atomic E-state index is -0.162. The minimum absolute atomic E-state index is 0.0179. The van der Waals surface area contributed by atoms with Gasteiger partial charge in [0, 0.05) is 26.1 Å². The predicted octanol–water partition coefficient (Wildman–Crippen LogP) is 1.39. The van der Waals surface area contributed by atoms with E-state index in [-0.39, 0.29) is 17.7 Å². The van der Waals surface area contributed by atoms with Crippen LogP contribution < -0.4 is 15.5 Å². The van der Waals surface area contributed by atoms with E-state index < -0.39 is 0 Å². The van der Waals surface area contributed by atoms with Crippen LogP contribution >= 0.6 is 0 Å². The van der Waals surface area contributed by atoms with Crippen molar-refractivity contribution in [2.24, 2.45) is 5.92 Å². The number of aromatic nitrogens is 1. The van der Waals surface area contributed by atoms with Gasteiger partial charge >= 0.3 is 0 Å². The second-order valence-electron chi connectivity index (χ2n) is 5.11. The van der Waals surface area contributed by atoms with Crippen molar-refractivity contribution in [3.8, 4) is 0 Å². The van der Waals surface area contributed by atoms with Crippen LogP contribution in [0.5, 0.6) is 0 Å². The third-order valence-corrected chi connectivity index (χ3v) is 3.74. The minimum Gasteiger partial charge on any atom is -0.357 e. The number of hydrogen-bond acceptors (Lipinski definition) is 4. The topological polar surface area (TPSA) is 74.3 Å². The summed E-state index contributed by atoms with van der Waals surface area (Å²) >= 11 is 0. The summed E-state index contributed by atoms with van der Waals surface area (Å²) in [5.74, 6) is 0.699. The number of carbonyl (C=O) groups is 2. The van der Waals surface area contributed by atoms with Gasteiger partial charge in [-0.25, -0.2) is 4.98 Å². The van der Waals surface area contributed by atoms with E-state index >= 15 is 0 Å². The Morgan fingerprint density at radius 3 is 2.71 bits per heavy atom. The van der Waals surface area contributed by atoms with Crippen LogP contribution in [0.25, 0.3) is 0 Å². The van der Waals surface area contributed by atoms with Gasteiger partial charge in [-0.2, -0.15) is 0 Å². The SMILES string of the molecule is CCN(CC)c1ccc(NC(=O)C2CCC(=O)NC2)cn1. The van der Waals surface area contributed by atoms with Crippen molar-refractivity contribution in [3.05, 3.63) is 18.3 Å². The van der Waals surface area contributed by atoms with Crippen LogP contribution in [0, 0.1) is 5.92 Å². The van der Waals surface area contributed by atoms with Crippen LogP contribution in [0.4, 0.5) is 11.5 Å². The van der Waals surface area contributed by atoms with Gasteiger partial charge in [0.05, 0.1) is 17.8 Å². The number of anilines is 2. The summed E-state index contributed by atoms with van der Waals surface area (Å²) in [7, 11) is 0. The number of rotatable bonds is 5. The Morgan fingerprint density at radius 1 is 1.43 bits per heavy atom. The first kappa shape index (κ1) is 15.3. The molecular weight excluding hydrogens is 268 g/mol. The van der Waals surface area contributed by atoms with Gasteiger partial charge in [-0.15, -0.1) is 0 Å². The van der Waals surface area contributed by atoms with Crippen LogP contribution in [0.3, 0.4) is 0 Å². The Labute approximate surface area is 124 Å². The molecule has 0 aromatic carbocycles. The van der Waals surface area contributed by atoms with E-state index in [1.54, 1.807) is 6.20 Å². The molecular formula is C15H22N4O2. The number of nitrogens with zero attached hydrogens (tertiary/aromatic N) is 2. The van der Waals surface area contributed by atoms with Gasteiger partial charge in [0.25, 0.3) is 0 Å². The summed E-state index contributed by atoms with van der Waals surface area (Å²) in [6.45, 7) is 6.38. The second kappa shape index (κ2) is 7.06. The second-order valence-corrected chi connectivity index (χ2v) is 5.11. The lowest BCUT2D eigenvalue weighted by molar-refractivity contribution is -0.126. The zero-order valence-corrected chi connectivity index (χ0v) is 12.6. The molecule has 1 aromatic heterocycles. The zero-order valence-electron chi connectivity index (χ0n) is 12.6. The first-order valence-electron chi connectivity index (χ1n) is 7.42. The van der Waals surface area contributed by atoms with Gasteiger partial charge in [0.15, 0.2) is 0 Å². The summed E-state index contributed by atoms with van der Waals surface area (Å²) < 4.78 is 0. The van der Waals surface area contributed by atoms with Gasteiger partial charge in [0.2, 0.25) is 11.8 Å². The van der Waals surface area contributed by atoms with Crippen molar-refractivity contribution in [1.29, 1.82) is 0 Å². The van der Waals surface area contributed by atoms with E-state index in [2.05, 4.69) is 34.4 Å². The molecule has 114 valence electrons. The highest BCUT2D eigenvalue weighted by molar-refractivity contribution is 5.94. The summed E-state index contributed by atoms with van der Waals surface area (Å²) in [6, 6.07) is 3.77. The molecule has 6 nitrogen and oxygen atoms in total. The standard InChI is InChI=1S/C15H22N4O2/c1-3-19(4-2)13-7-6-12(10-16-13)18-15(21)11-5-8-14(20)17-9-11/h6-7,10-11H,3-5,8-9H2,1-2H3,(H,17,20)(H,18,21). The van der Waals surface area contributed by atoms with Crippen molar-refractivity contribution in [2.75, 3.05) is 29.9 Å². The van der Waals surface area contributed by atoms with Gasteiger partial charge in [-0.1, -0.05) is 0 Å². The number of carbonyl (C=O) groups excluding carboxylic acids is 2. The van der Waals surface area contributed by atoms with Crippen molar-refractivity contribution in [3.63, 3.8) is 0 Å². The monoisotopic (exact) mass is 290 g/mol. The molecule has 1 saturated heterocycles. The maximum atomic E-state index is 12.1. The summed E-state index contributed by atoms with van der Waals surface area (Å²) in [5.41, 5.74) is 0.688. The number of piperidine rings is 1. The number of hydrogen-bond donors (Lipinski definition) is 2. The molecule has 2 heterocycles. The lowest BCUT2D eigenvalue weighted by Crippen LogP contribution is -2.40. The van der Waals surface area contributed by atoms with Crippen LogP contribution in [0.2, 0.25) is 0 Å². The third-order valence-electron chi connectivity index (χ3n) is 3.74. The molecule has 21 heavy (non-hydrogen) atoms. The van der Waals surface area contributed by atoms with Crippen molar-refractivity contribution in [2.45, 2.75) is 26.7 Å². The van der Waals surface area contributed by atoms with E-state index in [0.29, 0.717) is 25.1 Å². The maximum Gasteiger partial charge on any atom is 0.229 e. The molecule has 2 amide bonds. The largest absolute Gasteiger partial charge is 0.357 e. The lowest BCUT2D eigenvalue weighted by Gasteiger charge is -2.22. The molecule has 0 aliphatic carbocycles. The molecule has 6 heteroatoms. The van der Waals surface area contributed by atoms with Crippen LogP contribution in [0.15, 0.2) is 18.3 Å². The van der Waals surface area contributed by atoms with E-state index in [1.165, 1.54) is 0 Å². The average molecular weight is 290 g/mol. The molecule has 2 N–H and O–H groups in total. The van der Waals surface area contributed by atoms with Crippen LogP contribution in [-0.2, 0) is 9.59 Å². The highest BCUT2D eigenvalue weighted by Crippen LogP contribution is 2.17. The number of nitrogens with one attached hydrogen (secondary N) is 2. The lowest BCUT2D eigenvalue weighted by atomic mass is 9.98. The summed E-state index contributed by atoms with van der Waals surface area (Å²) in [6.07, 6.45) is 2.69. The summed E-state index contributed by atoms with van der Waals surface area (Å²) in [5, 5.41) is 5.57. The molecule has 0 bridgehead atoms. The molecule has 0 spiro atoms. The Morgan fingerprint density at radius 2 is 2.19 bits per heavy atom. The van der Waals surface area contributed by atoms with Gasteiger partial charge in [-0.05, 0) is 32.4 Å². The van der Waals surface area contributed by atoms with Gasteiger partial charge in [-0.3, -0.25) is 9.59 Å². The van der Waals surface area contributed by atoms with Crippen LogP contribution in [-0.4, -0.2) is 36.4 Å². The normalized spacial score (nSPS) is 18.0. The smallest absolute Gasteiger partial charge is 0.229 e. The molecule has 1 aliphatic heterocycles. The predicted molar refractivity (Wildman–Crippen MR) is 82.2 cm³/mol. The Kier molecular flexibility index (Phi) is 5.14. The molecule has 1 unspecified atom stereocenters. The summed E-state index contributed by atoms with van der Waals surface area (Å²) in [4.78, 5) is 29.7. The Hall–Kier alpha value is -2.11. The van der Waals surface area contributed by atoms with E-state index in [1.807, 2.05) is 12.1 Å². The molecule has 1 aromatic rings. The number of amides is 2. The molecule has 1 aliphatic rings. The fraction of sp³-hybridized carbons (Fsp3) is 0.533. The fourth-order valence-corrected chi connectivity index (χ4v) is 2.40. The van der Waals surface area contributed by atoms with Gasteiger partial charge < -0.3 is 15.5 Å². The van der Waals surface area contributed by atoms with E-state index in [0.717, 1.165) is 18.9 Å². The molecule has 2 rings (SSSR count). The quantitative estimate of drug-likeness (QED) is 0.859. The maximum absolute atomic E-state index is 12.1. The highest BCUT2D eigenvalue weighted by Gasteiger charge is 2.24. The first-order chi connectivity index (χ1) is 10.1. The molecule has 1 fully saturated rings. The molecule has 0 saturated carbocycles. The van der Waals surface area contributed by atoms with E-state index in [4.69, 9.17) is 0 Å². The molecule has 1 atom stereocenters. The fourth-order valence-electron chi connectivity index (χ4n) is 2.40. The van der Waals surface area contributed by atoms with Gasteiger partial charge in [0.1, 0.15) is 5.82 Å². The molecule has 0 radical (unpaired) electrons. The van der Waals surface area contributed by atoms with Crippen molar-refractivity contribution in [1.82, 2.24) is 10.3 Å². The average Bonchev–Trinajstić information content (AvgIpc) is 2.51. The zero-order chi connectivity index (χ0) is 15.2. The van der Waals surface area contributed by atoms with Crippen molar-refractivity contribution < 1.29 is 9.59 Å². The number of pyridine rings is 1. The highest BCUT2D eigenvalue weighted by atomic mass is 16.2. The van der Waals surface area contributed by atoms with E-state index in [9.17, 15) is 9.59 Å². The van der Waals surface area contributed by atoms with Crippen LogP contribution in [0.1, 0.15) is 26.7 Å². The Bertz CT molecular complexity index is 487. The third kappa shape index (κ3) is 3.93. The van der Waals surface area contributed by atoms with Crippen molar-refractivity contribution >= 4 is 23.3 Å². The Balaban J connectivity index is 1.93.